The molecule has 2 aliphatic rings. The molecule has 1 aliphatic heterocycles. The van der Waals surface area contributed by atoms with Crippen molar-refractivity contribution < 1.29 is 4.79 Å². The number of anilines is 3. The first kappa shape index (κ1) is 17.0. The van der Waals surface area contributed by atoms with Gasteiger partial charge in [0.15, 0.2) is 0 Å². The summed E-state index contributed by atoms with van der Waals surface area (Å²) >= 11 is 0. The first-order chi connectivity index (χ1) is 13.8. The zero-order valence-corrected chi connectivity index (χ0v) is 15.7. The Morgan fingerprint density at radius 3 is 2.46 bits per heavy atom. The molecule has 6 heteroatoms. The maximum atomic E-state index is 11.9. The van der Waals surface area contributed by atoms with Crippen LogP contribution in [0.1, 0.15) is 12.8 Å². The van der Waals surface area contributed by atoms with Crippen molar-refractivity contribution in [3.05, 3.63) is 54.9 Å². The van der Waals surface area contributed by atoms with E-state index in [1.54, 1.807) is 0 Å². The fraction of sp³-hybridized carbons (Fsp3) is 0.318. The fourth-order valence-electron chi connectivity index (χ4n) is 3.78. The molecule has 1 saturated carbocycles. The highest BCUT2D eigenvalue weighted by atomic mass is 16.2. The first-order valence-corrected chi connectivity index (χ1v) is 9.88. The Balaban J connectivity index is 1.25. The highest BCUT2D eigenvalue weighted by Crippen LogP contribution is 2.30. The van der Waals surface area contributed by atoms with Gasteiger partial charge in [-0.15, -0.1) is 0 Å². The van der Waals surface area contributed by atoms with E-state index in [4.69, 9.17) is 0 Å². The summed E-state index contributed by atoms with van der Waals surface area (Å²) in [5.41, 5.74) is 3.39. The van der Waals surface area contributed by atoms with E-state index in [0.717, 1.165) is 50.2 Å². The number of nitrogens with one attached hydrogen (secondary N) is 1. The van der Waals surface area contributed by atoms with E-state index in [1.807, 2.05) is 30.6 Å². The van der Waals surface area contributed by atoms with Crippen molar-refractivity contribution in [3.63, 3.8) is 0 Å². The Morgan fingerprint density at radius 2 is 1.71 bits per heavy atom. The number of hydrogen-bond acceptors (Lipinski definition) is 5. The van der Waals surface area contributed by atoms with Crippen LogP contribution in [0, 0.1) is 5.92 Å². The highest BCUT2D eigenvalue weighted by molar-refractivity contribution is 5.93. The highest BCUT2D eigenvalue weighted by Gasteiger charge is 2.29. The van der Waals surface area contributed by atoms with Gasteiger partial charge in [0.2, 0.25) is 5.91 Å². The van der Waals surface area contributed by atoms with Gasteiger partial charge in [-0.2, -0.15) is 0 Å². The molecule has 0 bridgehead atoms. The van der Waals surface area contributed by atoms with E-state index in [1.165, 1.54) is 11.1 Å². The Morgan fingerprint density at radius 1 is 0.929 bits per heavy atom. The number of pyridine rings is 2. The van der Waals surface area contributed by atoms with Crippen molar-refractivity contribution in [3.8, 4) is 0 Å². The summed E-state index contributed by atoms with van der Waals surface area (Å²) in [7, 11) is 0. The average molecular weight is 373 g/mol. The van der Waals surface area contributed by atoms with Gasteiger partial charge in [0, 0.05) is 49.4 Å². The van der Waals surface area contributed by atoms with E-state index in [2.05, 4.69) is 49.4 Å². The normalized spacial score (nSPS) is 17.0. The SMILES string of the molecule is O=C(Nc1ccc(N2CCN(c3ccnc4ccccc34)CC2)cn1)C1CC1. The quantitative estimate of drug-likeness (QED) is 0.760. The Kier molecular flexibility index (Phi) is 4.31. The number of para-hydroxylation sites is 1. The summed E-state index contributed by atoms with van der Waals surface area (Å²) in [5, 5.41) is 4.10. The largest absolute Gasteiger partial charge is 0.367 e. The minimum absolute atomic E-state index is 0.0958. The number of hydrogen-bond donors (Lipinski definition) is 1. The molecule has 5 rings (SSSR count). The van der Waals surface area contributed by atoms with Crippen LogP contribution < -0.4 is 15.1 Å². The molecule has 28 heavy (non-hydrogen) atoms. The second-order valence-corrected chi connectivity index (χ2v) is 7.49. The maximum absolute atomic E-state index is 11.9. The van der Waals surface area contributed by atoms with Crippen molar-refractivity contribution in [2.24, 2.45) is 5.92 Å². The molecular weight excluding hydrogens is 350 g/mol. The van der Waals surface area contributed by atoms with Crippen LogP contribution in [0.25, 0.3) is 10.9 Å². The minimum atomic E-state index is 0.0958. The van der Waals surface area contributed by atoms with Crippen molar-refractivity contribution in [2.45, 2.75) is 12.8 Å². The molecule has 2 fully saturated rings. The number of carbonyl (C=O) groups is 1. The van der Waals surface area contributed by atoms with Gasteiger partial charge in [-0.3, -0.25) is 9.78 Å². The van der Waals surface area contributed by atoms with Crippen LogP contribution in [0.3, 0.4) is 0 Å². The minimum Gasteiger partial charge on any atom is -0.367 e. The van der Waals surface area contributed by atoms with Gasteiger partial charge in [-0.25, -0.2) is 4.98 Å². The van der Waals surface area contributed by atoms with Crippen LogP contribution in [-0.4, -0.2) is 42.1 Å². The third kappa shape index (κ3) is 3.38. The lowest BCUT2D eigenvalue weighted by Crippen LogP contribution is -2.46. The summed E-state index contributed by atoms with van der Waals surface area (Å²) < 4.78 is 0. The van der Waals surface area contributed by atoms with Gasteiger partial charge in [0.25, 0.3) is 0 Å². The maximum Gasteiger partial charge on any atom is 0.228 e. The topological polar surface area (TPSA) is 61.4 Å². The molecule has 0 radical (unpaired) electrons. The molecule has 1 N–H and O–H groups in total. The lowest BCUT2D eigenvalue weighted by molar-refractivity contribution is -0.117. The van der Waals surface area contributed by atoms with Crippen molar-refractivity contribution >= 4 is 34.0 Å². The van der Waals surface area contributed by atoms with Gasteiger partial charge < -0.3 is 15.1 Å². The predicted molar refractivity (Wildman–Crippen MR) is 112 cm³/mol. The third-order valence-electron chi connectivity index (χ3n) is 5.56. The van der Waals surface area contributed by atoms with E-state index in [9.17, 15) is 4.79 Å². The summed E-state index contributed by atoms with van der Waals surface area (Å²) in [6, 6.07) is 14.4. The number of piperazine rings is 1. The zero-order chi connectivity index (χ0) is 18.9. The molecule has 6 nitrogen and oxygen atoms in total. The summed E-state index contributed by atoms with van der Waals surface area (Å²) in [4.78, 5) is 25.5. The average Bonchev–Trinajstić information content (AvgIpc) is 3.60. The monoisotopic (exact) mass is 373 g/mol. The van der Waals surface area contributed by atoms with Crippen LogP contribution in [0.15, 0.2) is 54.9 Å². The summed E-state index contributed by atoms with van der Waals surface area (Å²) in [6.07, 6.45) is 5.75. The number of rotatable bonds is 4. The van der Waals surface area contributed by atoms with Crippen LogP contribution in [0.5, 0.6) is 0 Å². The number of nitrogens with zero attached hydrogens (tertiary/aromatic N) is 4. The third-order valence-corrected chi connectivity index (χ3v) is 5.56. The Hall–Kier alpha value is -3.15. The summed E-state index contributed by atoms with van der Waals surface area (Å²) in [5.74, 6) is 0.930. The lowest BCUT2D eigenvalue weighted by Gasteiger charge is -2.37. The predicted octanol–water partition coefficient (Wildman–Crippen LogP) is 3.30. The van der Waals surface area contributed by atoms with Crippen molar-refractivity contribution in [1.82, 2.24) is 9.97 Å². The van der Waals surface area contributed by atoms with Crippen LogP contribution in [0.4, 0.5) is 17.2 Å². The van der Waals surface area contributed by atoms with Gasteiger partial charge in [-0.05, 0) is 37.1 Å². The van der Waals surface area contributed by atoms with E-state index in [-0.39, 0.29) is 11.8 Å². The van der Waals surface area contributed by atoms with Gasteiger partial charge in [-0.1, -0.05) is 18.2 Å². The number of amides is 1. The first-order valence-electron chi connectivity index (χ1n) is 9.88. The lowest BCUT2D eigenvalue weighted by atomic mass is 10.1. The molecule has 0 spiro atoms. The second kappa shape index (κ2) is 7.11. The van der Waals surface area contributed by atoms with Gasteiger partial charge in [0.1, 0.15) is 5.82 Å². The van der Waals surface area contributed by atoms with Crippen molar-refractivity contribution in [2.75, 3.05) is 41.3 Å². The van der Waals surface area contributed by atoms with Gasteiger partial charge >= 0.3 is 0 Å². The van der Waals surface area contributed by atoms with Crippen molar-refractivity contribution in [1.29, 1.82) is 0 Å². The van der Waals surface area contributed by atoms with Crippen LogP contribution in [0.2, 0.25) is 0 Å². The number of carbonyl (C=O) groups excluding carboxylic acids is 1. The summed E-state index contributed by atoms with van der Waals surface area (Å²) in [6.45, 7) is 3.78. The molecular formula is C22H23N5O. The molecule has 0 atom stereocenters. The van der Waals surface area contributed by atoms with Crippen LogP contribution in [-0.2, 0) is 4.79 Å². The number of fused-ring (bicyclic) bond motifs is 1. The Labute approximate surface area is 164 Å². The zero-order valence-electron chi connectivity index (χ0n) is 15.7. The molecule has 142 valence electrons. The molecule has 0 unspecified atom stereocenters. The molecule has 3 heterocycles. The smallest absolute Gasteiger partial charge is 0.228 e. The second-order valence-electron chi connectivity index (χ2n) is 7.49. The number of aromatic nitrogens is 2. The van der Waals surface area contributed by atoms with Gasteiger partial charge in [0.05, 0.1) is 17.4 Å². The number of benzene rings is 1. The standard InChI is InChI=1S/C22H23N5O/c28-22(16-5-6-16)25-21-8-7-17(15-24-21)26-11-13-27(14-12-26)20-9-10-23-19-4-2-1-3-18(19)20/h1-4,7-10,15-16H,5-6,11-14H2,(H,24,25,28). The van der Waals surface area contributed by atoms with E-state index in [0.29, 0.717) is 5.82 Å². The van der Waals surface area contributed by atoms with E-state index < -0.39 is 0 Å². The van der Waals surface area contributed by atoms with E-state index >= 15 is 0 Å². The Bertz CT molecular complexity index is 986. The molecule has 1 aliphatic carbocycles. The molecule has 1 aromatic carbocycles. The molecule has 3 aromatic rings. The molecule has 1 saturated heterocycles. The molecule has 2 aromatic heterocycles. The fourth-order valence-corrected chi connectivity index (χ4v) is 3.78. The van der Waals surface area contributed by atoms with Crippen LogP contribution >= 0.6 is 0 Å². The molecule has 1 amide bonds.